The van der Waals surface area contributed by atoms with Crippen LogP contribution < -0.4 is 10.1 Å². The van der Waals surface area contributed by atoms with Crippen LogP contribution in [0.2, 0.25) is 0 Å². The predicted octanol–water partition coefficient (Wildman–Crippen LogP) is 4.37. The van der Waals surface area contributed by atoms with Crippen molar-refractivity contribution in [2.75, 3.05) is 6.61 Å². The number of halogens is 1. The van der Waals surface area contributed by atoms with Crippen molar-refractivity contribution in [3.8, 4) is 5.75 Å². The van der Waals surface area contributed by atoms with Crippen LogP contribution in [0.15, 0.2) is 48.5 Å². The van der Waals surface area contributed by atoms with Crippen molar-refractivity contribution in [3.63, 3.8) is 0 Å². The molecule has 3 aromatic rings. The molecule has 2 atom stereocenters. The van der Waals surface area contributed by atoms with Gasteiger partial charge >= 0.3 is 0 Å². The molecule has 3 rings (SSSR count). The molecule has 142 valence electrons. The van der Waals surface area contributed by atoms with Crippen molar-refractivity contribution >= 4 is 16.9 Å². The van der Waals surface area contributed by atoms with Gasteiger partial charge in [-0.3, -0.25) is 4.79 Å². The summed E-state index contributed by atoms with van der Waals surface area (Å²) in [5.74, 6) is 1.11. The van der Waals surface area contributed by atoms with Crippen molar-refractivity contribution in [2.24, 2.45) is 5.92 Å². The Morgan fingerprint density at radius 2 is 1.96 bits per heavy atom. The normalized spacial score (nSPS) is 13.3. The molecule has 0 aliphatic carbocycles. The molecule has 0 saturated heterocycles. The first-order valence-electron chi connectivity index (χ1n) is 9.19. The zero-order valence-corrected chi connectivity index (χ0v) is 15.5. The number of ether oxygens (including phenoxy) is 1. The first-order chi connectivity index (χ1) is 13.1. The highest BCUT2D eigenvalue weighted by molar-refractivity contribution is 5.77. The van der Waals surface area contributed by atoms with Gasteiger partial charge in [0.05, 0.1) is 30.1 Å². The quantitative estimate of drug-likeness (QED) is 0.619. The van der Waals surface area contributed by atoms with Gasteiger partial charge in [0.25, 0.3) is 0 Å². The third-order valence-corrected chi connectivity index (χ3v) is 4.64. The number of hydrogen-bond donors (Lipinski definition) is 2. The van der Waals surface area contributed by atoms with Gasteiger partial charge in [-0.1, -0.05) is 32.4 Å². The van der Waals surface area contributed by atoms with E-state index in [4.69, 9.17) is 4.74 Å². The fourth-order valence-corrected chi connectivity index (χ4v) is 2.87. The van der Waals surface area contributed by atoms with E-state index < -0.39 is 0 Å². The van der Waals surface area contributed by atoms with Crippen LogP contribution in [0.25, 0.3) is 11.0 Å². The second kappa shape index (κ2) is 8.66. The number of carbonyl (C=O) groups excluding carboxylic acids is 1. The standard InChI is InChI=1S/C21H24FN3O2/c1-3-14(2)20(21-23-17-6-4-5-7-18(17)24-21)25-19(26)12-13-27-16-10-8-15(22)9-11-16/h4-11,14,20H,3,12-13H2,1-2H3,(H,23,24)(H,25,26). The summed E-state index contributed by atoms with van der Waals surface area (Å²) >= 11 is 0. The van der Waals surface area contributed by atoms with E-state index in [0.717, 1.165) is 23.3 Å². The molecule has 1 aromatic heterocycles. The average Bonchev–Trinajstić information content (AvgIpc) is 3.11. The van der Waals surface area contributed by atoms with Crippen LogP contribution in [0.4, 0.5) is 4.39 Å². The van der Waals surface area contributed by atoms with E-state index in [1.165, 1.54) is 12.1 Å². The Bertz CT molecular complexity index is 859. The summed E-state index contributed by atoms with van der Waals surface area (Å²) in [6, 6.07) is 13.4. The van der Waals surface area contributed by atoms with Crippen molar-refractivity contribution in [3.05, 3.63) is 60.2 Å². The van der Waals surface area contributed by atoms with E-state index in [2.05, 4.69) is 29.1 Å². The number of fused-ring (bicyclic) bond motifs is 1. The summed E-state index contributed by atoms with van der Waals surface area (Å²) in [4.78, 5) is 20.4. The van der Waals surface area contributed by atoms with Gasteiger partial charge in [-0.15, -0.1) is 0 Å². The lowest BCUT2D eigenvalue weighted by atomic mass is 9.98. The fraction of sp³-hybridized carbons (Fsp3) is 0.333. The van der Waals surface area contributed by atoms with E-state index in [0.29, 0.717) is 5.75 Å². The second-order valence-electron chi connectivity index (χ2n) is 6.62. The van der Waals surface area contributed by atoms with Crippen molar-refractivity contribution in [2.45, 2.75) is 32.7 Å². The number of hydrogen-bond acceptors (Lipinski definition) is 3. The molecular formula is C21H24FN3O2. The number of para-hydroxylation sites is 2. The largest absolute Gasteiger partial charge is 0.493 e. The third-order valence-electron chi connectivity index (χ3n) is 4.64. The third kappa shape index (κ3) is 4.84. The minimum Gasteiger partial charge on any atom is -0.493 e. The maximum atomic E-state index is 12.9. The van der Waals surface area contributed by atoms with Crippen LogP contribution in [-0.2, 0) is 4.79 Å². The number of aromatic nitrogens is 2. The molecule has 0 fully saturated rings. The molecule has 6 heteroatoms. The van der Waals surface area contributed by atoms with Gasteiger partial charge in [0, 0.05) is 0 Å². The Balaban J connectivity index is 1.61. The van der Waals surface area contributed by atoms with E-state index in [1.54, 1.807) is 12.1 Å². The molecule has 0 bridgehead atoms. The number of aromatic amines is 1. The minimum absolute atomic E-state index is 0.108. The number of benzene rings is 2. The molecule has 2 unspecified atom stereocenters. The van der Waals surface area contributed by atoms with Gasteiger partial charge < -0.3 is 15.0 Å². The Kier molecular flexibility index (Phi) is 6.06. The van der Waals surface area contributed by atoms with Gasteiger partial charge in [0.15, 0.2) is 0 Å². The lowest BCUT2D eigenvalue weighted by Crippen LogP contribution is -2.34. The van der Waals surface area contributed by atoms with Crippen molar-refractivity contribution in [1.82, 2.24) is 15.3 Å². The molecule has 0 saturated carbocycles. The van der Waals surface area contributed by atoms with Crippen LogP contribution in [0.1, 0.15) is 38.6 Å². The van der Waals surface area contributed by atoms with Crippen LogP contribution in [0.3, 0.4) is 0 Å². The van der Waals surface area contributed by atoms with Crippen LogP contribution >= 0.6 is 0 Å². The Labute approximate surface area is 158 Å². The van der Waals surface area contributed by atoms with Crippen LogP contribution in [0, 0.1) is 11.7 Å². The maximum absolute atomic E-state index is 12.9. The lowest BCUT2D eigenvalue weighted by Gasteiger charge is -2.22. The number of carbonyl (C=O) groups is 1. The number of rotatable bonds is 8. The Morgan fingerprint density at radius 3 is 2.67 bits per heavy atom. The molecule has 27 heavy (non-hydrogen) atoms. The Morgan fingerprint density at radius 1 is 1.22 bits per heavy atom. The second-order valence-corrected chi connectivity index (χ2v) is 6.62. The first kappa shape index (κ1) is 18.9. The molecular weight excluding hydrogens is 345 g/mol. The van der Waals surface area contributed by atoms with Gasteiger partial charge in [-0.05, 0) is 42.3 Å². The van der Waals surface area contributed by atoms with Gasteiger partial charge in [0.2, 0.25) is 5.91 Å². The highest BCUT2D eigenvalue weighted by atomic mass is 19.1. The molecule has 5 nitrogen and oxygen atoms in total. The molecule has 2 N–H and O–H groups in total. The predicted molar refractivity (Wildman–Crippen MR) is 103 cm³/mol. The zero-order valence-electron chi connectivity index (χ0n) is 15.5. The zero-order chi connectivity index (χ0) is 19.2. The summed E-state index contributed by atoms with van der Waals surface area (Å²) in [5.41, 5.74) is 1.84. The number of nitrogens with one attached hydrogen (secondary N) is 2. The summed E-state index contributed by atoms with van der Waals surface area (Å²) in [6.07, 6.45) is 1.12. The molecule has 2 aromatic carbocycles. The van der Waals surface area contributed by atoms with Crippen molar-refractivity contribution < 1.29 is 13.9 Å². The summed E-state index contributed by atoms with van der Waals surface area (Å²) in [5, 5.41) is 3.07. The smallest absolute Gasteiger partial charge is 0.224 e. The molecule has 0 aliphatic heterocycles. The molecule has 0 radical (unpaired) electrons. The monoisotopic (exact) mass is 369 g/mol. The van der Waals surface area contributed by atoms with Crippen LogP contribution in [-0.4, -0.2) is 22.5 Å². The minimum atomic E-state index is -0.317. The topological polar surface area (TPSA) is 67.0 Å². The van der Waals surface area contributed by atoms with E-state index >= 15 is 0 Å². The first-order valence-corrected chi connectivity index (χ1v) is 9.19. The van der Waals surface area contributed by atoms with E-state index in [-0.39, 0.29) is 36.7 Å². The summed E-state index contributed by atoms with van der Waals surface area (Å²) < 4.78 is 18.4. The van der Waals surface area contributed by atoms with Gasteiger partial charge in [0.1, 0.15) is 17.4 Å². The summed E-state index contributed by atoms with van der Waals surface area (Å²) in [6.45, 7) is 4.40. The van der Waals surface area contributed by atoms with Crippen LogP contribution in [0.5, 0.6) is 5.75 Å². The molecule has 1 heterocycles. The molecule has 1 amide bonds. The lowest BCUT2D eigenvalue weighted by molar-refractivity contribution is -0.122. The van der Waals surface area contributed by atoms with Crippen molar-refractivity contribution in [1.29, 1.82) is 0 Å². The molecule has 0 spiro atoms. The highest BCUT2D eigenvalue weighted by Crippen LogP contribution is 2.24. The van der Waals surface area contributed by atoms with Gasteiger partial charge in [-0.2, -0.15) is 0 Å². The summed E-state index contributed by atoms with van der Waals surface area (Å²) in [7, 11) is 0. The Hall–Kier alpha value is -2.89. The SMILES string of the molecule is CCC(C)C(NC(=O)CCOc1ccc(F)cc1)c1nc2ccccc2[nH]1. The fourth-order valence-electron chi connectivity index (χ4n) is 2.87. The van der Waals surface area contributed by atoms with E-state index in [9.17, 15) is 9.18 Å². The number of H-pyrrole nitrogens is 1. The number of amides is 1. The number of imidazole rings is 1. The van der Waals surface area contributed by atoms with E-state index in [1.807, 2.05) is 24.3 Å². The average molecular weight is 369 g/mol. The number of nitrogens with zero attached hydrogens (tertiary/aromatic N) is 1. The molecule has 0 aliphatic rings. The maximum Gasteiger partial charge on any atom is 0.224 e. The highest BCUT2D eigenvalue weighted by Gasteiger charge is 2.23. The van der Waals surface area contributed by atoms with Gasteiger partial charge in [-0.25, -0.2) is 9.37 Å².